The number of nitrogens with zero attached hydrogens (tertiary/aromatic N) is 2. The Morgan fingerprint density at radius 1 is 0.962 bits per heavy atom. The van der Waals surface area contributed by atoms with E-state index in [4.69, 9.17) is 0 Å². The van der Waals surface area contributed by atoms with Gasteiger partial charge in [0.1, 0.15) is 32.6 Å². The second-order valence-corrected chi connectivity index (χ2v) is 6.45. The zero-order valence-electron chi connectivity index (χ0n) is 13.2. The molecular formula is C19H11F2N3OS. The molecule has 4 aromatic rings. The molecule has 2 aromatic heterocycles. The molecule has 0 atom stereocenters. The fourth-order valence-corrected chi connectivity index (χ4v) is 3.41. The van der Waals surface area contributed by atoms with E-state index in [9.17, 15) is 13.6 Å². The van der Waals surface area contributed by atoms with Crippen molar-refractivity contribution in [1.29, 1.82) is 0 Å². The number of pyridine rings is 1. The molecular weight excluding hydrogens is 356 g/mol. The van der Waals surface area contributed by atoms with Crippen LogP contribution < -0.4 is 5.32 Å². The molecule has 0 unspecified atom stereocenters. The van der Waals surface area contributed by atoms with E-state index < -0.39 is 23.1 Å². The van der Waals surface area contributed by atoms with E-state index >= 15 is 0 Å². The monoisotopic (exact) mass is 367 g/mol. The Bertz CT molecular complexity index is 1060. The number of aromatic nitrogens is 2. The minimum absolute atomic E-state index is 0.431. The Hall–Kier alpha value is -3.19. The van der Waals surface area contributed by atoms with Crippen molar-refractivity contribution >= 4 is 33.3 Å². The lowest BCUT2D eigenvalue weighted by atomic mass is 10.1. The van der Waals surface area contributed by atoms with E-state index in [1.54, 1.807) is 30.5 Å². The van der Waals surface area contributed by atoms with Gasteiger partial charge in [-0.15, -0.1) is 0 Å². The molecule has 0 fully saturated rings. The van der Waals surface area contributed by atoms with Crippen molar-refractivity contribution in [3.8, 4) is 10.6 Å². The number of amides is 1. The largest absolute Gasteiger partial charge is 0.322 e. The van der Waals surface area contributed by atoms with Crippen LogP contribution in [0.3, 0.4) is 0 Å². The van der Waals surface area contributed by atoms with E-state index in [1.807, 2.05) is 12.1 Å². The van der Waals surface area contributed by atoms with Gasteiger partial charge in [0, 0.05) is 17.4 Å². The molecule has 4 nitrogen and oxygen atoms in total. The molecule has 0 spiro atoms. The van der Waals surface area contributed by atoms with Gasteiger partial charge in [-0.3, -0.25) is 4.79 Å². The Balaban J connectivity index is 1.57. The first-order chi connectivity index (χ1) is 12.6. The van der Waals surface area contributed by atoms with Crippen LogP contribution in [0.1, 0.15) is 10.4 Å². The lowest BCUT2D eigenvalue weighted by Gasteiger charge is -2.07. The van der Waals surface area contributed by atoms with Gasteiger partial charge in [-0.1, -0.05) is 17.4 Å². The molecule has 1 amide bonds. The summed E-state index contributed by atoms with van der Waals surface area (Å²) in [4.78, 5) is 21.7. The topological polar surface area (TPSA) is 54.9 Å². The fourth-order valence-electron chi connectivity index (χ4n) is 2.50. The maximum Gasteiger partial charge on any atom is 0.261 e. The standard InChI is InChI=1S/C19H11F2N3OS/c20-13-3-1-4-14(21)16(13)17(25)23-12-8-6-11(7-9-12)18-24-15-5-2-10-22-19(15)26-18/h1-10H,(H,23,25). The number of fused-ring (bicyclic) bond motifs is 1. The van der Waals surface area contributed by atoms with E-state index in [-0.39, 0.29) is 0 Å². The predicted octanol–water partition coefficient (Wildman–Crippen LogP) is 4.89. The summed E-state index contributed by atoms with van der Waals surface area (Å²) in [7, 11) is 0. The predicted molar refractivity (Wildman–Crippen MR) is 97.2 cm³/mol. The van der Waals surface area contributed by atoms with Gasteiger partial charge in [-0.25, -0.2) is 18.7 Å². The van der Waals surface area contributed by atoms with Gasteiger partial charge in [0.05, 0.1) is 0 Å². The van der Waals surface area contributed by atoms with Crippen LogP contribution in [0.25, 0.3) is 20.9 Å². The maximum atomic E-state index is 13.7. The highest BCUT2D eigenvalue weighted by molar-refractivity contribution is 7.21. The number of nitrogens with one attached hydrogen (secondary N) is 1. The first-order valence-corrected chi connectivity index (χ1v) is 8.51. The van der Waals surface area contributed by atoms with Crippen molar-refractivity contribution in [3.63, 3.8) is 0 Å². The number of carbonyl (C=O) groups is 1. The lowest BCUT2D eigenvalue weighted by Crippen LogP contribution is -2.15. The summed E-state index contributed by atoms with van der Waals surface area (Å²) in [6, 6.07) is 13.9. The molecule has 0 aliphatic heterocycles. The van der Waals surface area contributed by atoms with Crippen molar-refractivity contribution < 1.29 is 13.6 Å². The van der Waals surface area contributed by atoms with Crippen LogP contribution in [0.4, 0.5) is 14.5 Å². The summed E-state index contributed by atoms with van der Waals surface area (Å²) >= 11 is 1.46. The van der Waals surface area contributed by atoms with Crippen LogP contribution >= 0.6 is 11.3 Å². The van der Waals surface area contributed by atoms with Crippen molar-refractivity contribution in [2.24, 2.45) is 0 Å². The average molecular weight is 367 g/mol. The van der Waals surface area contributed by atoms with Gasteiger partial charge in [-0.2, -0.15) is 0 Å². The number of halogens is 2. The second-order valence-electron chi connectivity index (χ2n) is 5.47. The number of thiazole rings is 1. The number of rotatable bonds is 3. The number of hydrogen-bond acceptors (Lipinski definition) is 4. The van der Waals surface area contributed by atoms with Gasteiger partial charge < -0.3 is 5.32 Å². The number of hydrogen-bond donors (Lipinski definition) is 1. The molecule has 2 heterocycles. The van der Waals surface area contributed by atoms with E-state index in [1.165, 1.54) is 17.4 Å². The Morgan fingerprint density at radius 2 is 1.69 bits per heavy atom. The molecule has 0 aliphatic carbocycles. The zero-order valence-corrected chi connectivity index (χ0v) is 14.1. The highest BCUT2D eigenvalue weighted by Gasteiger charge is 2.17. The molecule has 7 heteroatoms. The van der Waals surface area contributed by atoms with Crippen LogP contribution in [0, 0.1) is 11.6 Å². The van der Waals surface area contributed by atoms with Crippen molar-refractivity contribution in [2.75, 3.05) is 5.32 Å². The highest BCUT2D eigenvalue weighted by atomic mass is 32.1. The molecule has 0 aliphatic rings. The molecule has 0 saturated heterocycles. The summed E-state index contributed by atoms with van der Waals surface area (Å²) in [5.74, 6) is -2.64. The van der Waals surface area contributed by atoms with Gasteiger partial charge in [0.25, 0.3) is 5.91 Å². The van der Waals surface area contributed by atoms with Crippen molar-refractivity contribution in [2.45, 2.75) is 0 Å². The van der Waals surface area contributed by atoms with Crippen LogP contribution in [-0.2, 0) is 0 Å². The number of anilines is 1. The van der Waals surface area contributed by atoms with Gasteiger partial charge in [0.2, 0.25) is 0 Å². The third-order valence-corrected chi connectivity index (χ3v) is 4.77. The van der Waals surface area contributed by atoms with Crippen LogP contribution in [-0.4, -0.2) is 15.9 Å². The van der Waals surface area contributed by atoms with Crippen molar-refractivity contribution in [1.82, 2.24) is 9.97 Å². The SMILES string of the molecule is O=C(Nc1ccc(-c2nc3cccnc3s2)cc1)c1c(F)cccc1F. The molecule has 1 N–H and O–H groups in total. The molecule has 2 aromatic carbocycles. The normalized spacial score (nSPS) is 10.8. The summed E-state index contributed by atoms with van der Waals surface area (Å²) in [6.07, 6.45) is 1.71. The van der Waals surface area contributed by atoms with Gasteiger partial charge in [0.15, 0.2) is 0 Å². The van der Waals surface area contributed by atoms with Gasteiger partial charge >= 0.3 is 0 Å². The minimum Gasteiger partial charge on any atom is -0.322 e. The van der Waals surface area contributed by atoms with Crippen molar-refractivity contribution in [3.05, 3.63) is 78.0 Å². The Kier molecular flexibility index (Phi) is 4.14. The zero-order chi connectivity index (χ0) is 18.1. The molecule has 0 bridgehead atoms. The fraction of sp³-hybridized carbons (Fsp3) is 0. The second kappa shape index (κ2) is 6.61. The number of benzene rings is 2. The third kappa shape index (κ3) is 3.04. The molecule has 0 saturated carbocycles. The summed E-state index contributed by atoms with van der Waals surface area (Å²) in [6.45, 7) is 0. The maximum absolute atomic E-state index is 13.7. The van der Waals surface area contributed by atoms with E-state index in [2.05, 4.69) is 15.3 Å². The third-order valence-electron chi connectivity index (χ3n) is 3.75. The Morgan fingerprint density at radius 3 is 2.38 bits per heavy atom. The van der Waals surface area contributed by atoms with Crippen LogP contribution in [0.5, 0.6) is 0 Å². The van der Waals surface area contributed by atoms with Crippen LogP contribution in [0.2, 0.25) is 0 Å². The minimum atomic E-state index is -0.902. The van der Waals surface area contributed by atoms with E-state index in [0.717, 1.165) is 33.1 Å². The molecule has 128 valence electrons. The first-order valence-electron chi connectivity index (χ1n) is 7.69. The van der Waals surface area contributed by atoms with Crippen LogP contribution in [0.15, 0.2) is 60.8 Å². The highest BCUT2D eigenvalue weighted by Crippen LogP contribution is 2.29. The molecule has 4 rings (SSSR count). The first kappa shape index (κ1) is 16.3. The summed E-state index contributed by atoms with van der Waals surface area (Å²) in [5.41, 5.74) is 1.51. The quantitative estimate of drug-likeness (QED) is 0.561. The van der Waals surface area contributed by atoms with E-state index in [0.29, 0.717) is 5.69 Å². The molecule has 26 heavy (non-hydrogen) atoms. The average Bonchev–Trinajstić information content (AvgIpc) is 3.06. The molecule has 0 radical (unpaired) electrons. The Labute approximate surface area is 151 Å². The van der Waals surface area contributed by atoms with Gasteiger partial charge in [-0.05, 0) is 48.5 Å². The number of carbonyl (C=O) groups excluding carboxylic acids is 1. The smallest absolute Gasteiger partial charge is 0.261 e. The summed E-state index contributed by atoms with van der Waals surface area (Å²) < 4.78 is 27.4. The summed E-state index contributed by atoms with van der Waals surface area (Å²) in [5, 5.41) is 3.30. The lowest BCUT2D eigenvalue weighted by molar-refractivity contribution is 0.101.